The van der Waals surface area contributed by atoms with E-state index in [2.05, 4.69) is 4.98 Å². The first-order valence-electron chi connectivity index (χ1n) is 10.2. The average Bonchev–Trinajstić information content (AvgIpc) is 3.10. The van der Waals surface area contributed by atoms with Gasteiger partial charge in [-0.05, 0) is 50.1 Å². The van der Waals surface area contributed by atoms with Gasteiger partial charge in [0.2, 0.25) is 0 Å². The molecule has 1 aromatic carbocycles. The van der Waals surface area contributed by atoms with Gasteiger partial charge in [-0.1, -0.05) is 0 Å². The summed E-state index contributed by atoms with van der Waals surface area (Å²) in [5.74, 6) is -2.74. The molecule has 182 valence electrons. The lowest BCUT2D eigenvalue weighted by Crippen LogP contribution is -2.31. The van der Waals surface area contributed by atoms with Crippen molar-refractivity contribution in [2.75, 3.05) is 0 Å². The van der Waals surface area contributed by atoms with Crippen LogP contribution in [0.4, 0.5) is 22.0 Å². The molecule has 3 rings (SSSR count). The molecule has 11 heteroatoms. The quantitative estimate of drug-likeness (QED) is 0.491. The lowest BCUT2D eigenvalue weighted by atomic mass is 10.1. The highest BCUT2D eigenvalue weighted by molar-refractivity contribution is 5.80. The molecule has 0 unspecified atom stereocenters. The maximum Gasteiger partial charge on any atom is 0.425 e. The van der Waals surface area contributed by atoms with Crippen molar-refractivity contribution in [3.05, 3.63) is 75.5 Å². The Morgan fingerprint density at radius 3 is 2.59 bits per heavy atom. The molecule has 0 saturated carbocycles. The molecule has 0 bridgehead atoms. The number of aliphatic hydroxyl groups is 1. The van der Waals surface area contributed by atoms with E-state index in [0.717, 1.165) is 34.4 Å². The van der Waals surface area contributed by atoms with Crippen molar-refractivity contribution < 1.29 is 31.8 Å². The molecule has 0 saturated heterocycles. The van der Waals surface area contributed by atoms with Gasteiger partial charge in [-0.3, -0.25) is 14.1 Å². The van der Waals surface area contributed by atoms with E-state index in [1.165, 1.54) is 12.4 Å². The number of halogens is 5. The van der Waals surface area contributed by atoms with Gasteiger partial charge in [0.15, 0.2) is 6.10 Å². The second-order valence-electron chi connectivity index (χ2n) is 7.50. The van der Waals surface area contributed by atoms with Crippen LogP contribution >= 0.6 is 0 Å². The number of ether oxygens (including phenoxy) is 1. The monoisotopic (exact) mass is 483 g/mol. The molecule has 0 aliphatic heterocycles. The fraction of sp³-hybridized carbons (Fsp3) is 0.304. The fourth-order valence-electron chi connectivity index (χ4n) is 3.27. The maximum atomic E-state index is 15.2. The summed E-state index contributed by atoms with van der Waals surface area (Å²) in [6, 6.07) is 3.11. The van der Waals surface area contributed by atoms with Crippen molar-refractivity contribution in [3.8, 4) is 11.4 Å². The largest absolute Gasteiger partial charge is 0.480 e. The molecule has 0 aliphatic carbocycles. The van der Waals surface area contributed by atoms with Crippen LogP contribution in [-0.2, 0) is 13.2 Å². The molecule has 2 aromatic heterocycles. The standard InChI is InChI=1S/C23H22F5N3O3/c1-4-30-16(12-32)11-31(22(30)33)20-9-21(34-14(3)23(26,27)28)17(8-19(20)25)18(24)7-15-10-29-6-5-13(15)2/h5-11,14,32H,4,12H2,1-3H3/b18-7-/t14-/m0/s1. The lowest BCUT2D eigenvalue weighted by Gasteiger charge is -2.20. The SMILES string of the molecule is CCn1c(CO)cn(-c2cc(O[C@@H](C)C(F)(F)F)c(/C(F)=C/c3cnccc3C)cc2F)c1=O. The van der Waals surface area contributed by atoms with E-state index in [0.29, 0.717) is 17.2 Å². The van der Waals surface area contributed by atoms with E-state index in [-0.39, 0.29) is 12.2 Å². The predicted octanol–water partition coefficient (Wildman–Crippen LogP) is 4.79. The van der Waals surface area contributed by atoms with Crippen molar-refractivity contribution in [2.45, 2.75) is 46.2 Å². The third kappa shape index (κ3) is 5.04. The summed E-state index contributed by atoms with van der Waals surface area (Å²) >= 11 is 0. The van der Waals surface area contributed by atoms with Gasteiger partial charge in [-0.15, -0.1) is 0 Å². The van der Waals surface area contributed by atoms with Crippen LogP contribution < -0.4 is 10.4 Å². The molecule has 1 N–H and O–H groups in total. The number of aryl methyl sites for hydroxylation is 1. The highest BCUT2D eigenvalue weighted by atomic mass is 19.4. The van der Waals surface area contributed by atoms with Crippen molar-refractivity contribution in [1.82, 2.24) is 14.1 Å². The summed E-state index contributed by atoms with van der Waals surface area (Å²) in [5, 5.41) is 9.47. The third-order valence-corrected chi connectivity index (χ3v) is 5.23. The molecule has 0 fully saturated rings. The van der Waals surface area contributed by atoms with E-state index >= 15 is 8.78 Å². The number of hydrogen-bond acceptors (Lipinski definition) is 4. The molecular weight excluding hydrogens is 461 g/mol. The Balaban J connectivity index is 2.21. The molecule has 0 aliphatic rings. The van der Waals surface area contributed by atoms with Crippen molar-refractivity contribution in [3.63, 3.8) is 0 Å². The number of rotatable bonds is 7. The van der Waals surface area contributed by atoms with Crippen LogP contribution in [0.25, 0.3) is 17.6 Å². The molecule has 1 atom stereocenters. The summed E-state index contributed by atoms with van der Waals surface area (Å²) < 4.78 is 76.8. The first-order chi connectivity index (χ1) is 16.0. The molecule has 2 heterocycles. The summed E-state index contributed by atoms with van der Waals surface area (Å²) in [6.07, 6.45) is -2.13. The number of benzene rings is 1. The first-order valence-corrected chi connectivity index (χ1v) is 10.2. The van der Waals surface area contributed by atoms with Gasteiger partial charge in [0.25, 0.3) is 0 Å². The molecule has 34 heavy (non-hydrogen) atoms. The fourth-order valence-corrected chi connectivity index (χ4v) is 3.27. The van der Waals surface area contributed by atoms with Gasteiger partial charge >= 0.3 is 11.9 Å². The van der Waals surface area contributed by atoms with Crippen LogP contribution in [0, 0.1) is 12.7 Å². The zero-order valence-corrected chi connectivity index (χ0v) is 18.5. The van der Waals surface area contributed by atoms with Crippen molar-refractivity contribution >= 4 is 11.9 Å². The van der Waals surface area contributed by atoms with Gasteiger partial charge in [0.05, 0.1) is 23.6 Å². The highest BCUT2D eigenvalue weighted by Gasteiger charge is 2.38. The Bertz CT molecular complexity index is 1280. The average molecular weight is 483 g/mol. The second-order valence-corrected chi connectivity index (χ2v) is 7.50. The molecule has 3 aromatic rings. The maximum absolute atomic E-state index is 15.2. The number of alkyl halides is 3. The van der Waals surface area contributed by atoms with Gasteiger partial charge < -0.3 is 9.84 Å². The summed E-state index contributed by atoms with van der Waals surface area (Å²) in [7, 11) is 0. The first kappa shape index (κ1) is 25.2. The van der Waals surface area contributed by atoms with E-state index in [9.17, 15) is 23.1 Å². The number of nitrogens with zero attached hydrogens (tertiary/aromatic N) is 3. The van der Waals surface area contributed by atoms with Crippen LogP contribution in [0.15, 0.2) is 41.6 Å². The summed E-state index contributed by atoms with van der Waals surface area (Å²) in [5.41, 5.74) is -0.605. The van der Waals surface area contributed by atoms with Gasteiger partial charge in [0, 0.05) is 31.2 Å². The number of imidazole rings is 1. The van der Waals surface area contributed by atoms with E-state index < -0.39 is 53.2 Å². The Hall–Kier alpha value is -3.47. The topological polar surface area (TPSA) is 69.3 Å². The Morgan fingerprint density at radius 1 is 1.32 bits per heavy atom. The minimum absolute atomic E-state index is 0.164. The Morgan fingerprint density at radius 2 is 2.03 bits per heavy atom. The summed E-state index contributed by atoms with van der Waals surface area (Å²) in [4.78, 5) is 16.5. The zero-order valence-electron chi connectivity index (χ0n) is 18.5. The smallest absolute Gasteiger partial charge is 0.425 e. The summed E-state index contributed by atoms with van der Waals surface area (Å²) in [6.45, 7) is 3.68. The van der Waals surface area contributed by atoms with Crippen molar-refractivity contribution in [2.24, 2.45) is 0 Å². The van der Waals surface area contributed by atoms with E-state index in [1.807, 2.05) is 0 Å². The lowest BCUT2D eigenvalue weighted by molar-refractivity contribution is -0.189. The van der Waals surface area contributed by atoms with Crippen LogP contribution in [0.3, 0.4) is 0 Å². The molecule has 6 nitrogen and oxygen atoms in total. The molecule has 0 amide bonds. The van der Waals surface area contributed by atoms with Crippen LogP contribution in [0.1, 0.15) is 36.2 Å². The van der Waals surface area contributed by atoms with Gasteiger partial charge in [-0.25, -0.2) is 13.6 Å². The number of aliphatic hydroxyl groups excluding tert-OH is 1. The molecular formula is C23H22F5N3O3. The molecule has 0 spiro atoms. The van der Waals surface area contributed by atoms with E-state index in [1.54, 1.807) is 19.9 Å². The minimum atomic E-state index is -4.78. The third-order valence-electron chi connectivity index (χ3n) is 5.23. The predicted molar refractivity (Wildman–Crippen MR) is 116 cm³/mol. The minimum Gasteiger partial charge on any atom is -0.480 e. The number of pyridine rings is 1. The molecule has 0 radical (unpaired) electrons. The zero-order chi connectivity index (χ0) is 25.2. The van der Waals surface area contributed by atoms with E-state index in [4.69, 9.17) is 4.74 Å². The van der Waals surface area contributed by atoms with Crippen LogP contribution in [0.5, 0.6) is 5.75 Å². The van der Waals surface area contributed by atoms with Gasteiger partial charge in [0.1, 0.15) is 17.4 Å². The van der Waals surface area contributed by atoms with Crippen LogP contribution in [0.2, 0.25) is 0 Å². The van der Waals surface area contributed by atoms with Gasteiger partial charge in [-0.2, -0.15) is 13.2 Å². The number of aromatic nitrogens is 3. The normalized spacial score (nSPS) is 13.3. The van der Waals surface area contributed by atoms with Crippen molar-refractivity contribution in [1.29, 1.82) is 0 Å². The highest BCUT2D eigenvalue weighted by Crippen LogP contribution is 2.35. The second kappa shape index (κ2) is 9.80. The number of hydrogen-bond donors (Lipinski definition) is 1. The van der Waals surface area contributed by atoms with Crippen LogP contribution in [-0.4, -0.2) is 31.5 Å². The Kier molecular flexibility index (Phi) is 7.25. The Labute approximate surface area is 191 Å².